The molecule has 1 aromatic carbocycles. The van der Waals surface area contributed by atoms with E-state index < -0.39 is 5.97 Å². The Morgan fingerprint density at radius 3 is 2.78 bits per heavy atom. The Morgan fingerprint density at radius 2 is 2.11 bits per heavy atom. The SMILES string of the molecule is Cc1cnn(Cc2ccccc2C(=O)O)c(=O)c1. The van der Waals surface area contributed by atoms with Gasteiger partial charge in [0.05, 0.1) is 18.3 Å². The van der Waals surface area contributed by atoms with Crippen LogP contribution in [0.2, 0.25) is 0 Å². The van der Waals surface area contributed by atoms with E-state index in [-0.39, 0.29) is 17.7 Å². The number of aromatic carboxylic acids is 1. The molecule has 0 amide bonds. The molecule has 1 aromatic heterocycles. The van der Waals surface area contributed by atoms with E-state index in [1.54, 1.807) is 31.3 Å². The molecule has 0 atom stereocenters. The molecule has 0 radical (unpaired) electrons. The minimum absolute atomic E-state index is 0.154. The summed E-state index contributed by atoms with van der Waals surface area (Å²) in [5.41, 5.74) is 1.29. The van der Waals surface area contributed by atoms with Gasteiger partial charge in [0.15, 0.2) is 0 Å². The van der Waals surface area contributed by atoms with Crippen LogP contribution in [0, 0.1) is 6.92 Å². The van der Waals surface area contributed by atoms with E-state index in [1.165, 1.54) is 16.8 Å². The van der Waals surface area contributed by atoms with Crippen molar-refractivity contribution < 1.29 is 9.90 Å². The summed E-state index contributed by atoms with van der Waals surface area (Å²) in [5.74, 6) is -1.01. The third kappa shape index (κ3) is 2.45. The van der Waals surface area contributed by atoms with Crippen molar-refractivity contribution >= 4 is 5.97 Å². The lowest BCUT2D eigenvalue weighted by Gasteiger charge is -2.07. The maximum atomic E-state index is 11.7. The second-order valence-electron chi connectivity index (χ2n) is 3.99. The second-order valence-corrected chi connectivity index (χ2v) is 3.99. The summed E-state index contributed by atoms with van der Waals surface area (Å²) in [6.07, 6.45) is 1.57. The van der Waals surface area contributed by atoms with Crippen molar-refractivity contribution in [2.75, 3.05) is 0 Å². The smallest absolute Gasteiger partial charge is 0.336 e. The molecule has 0 unspecified atom stereocenters. The van der Waals surface area contributed by atoms with Gasteiger partial charge < -0.3 is 5.11 Å². The average Bonchev–Trinajstić information content (AvgIpc) is 2.33. The summed E-state index contributed by atoms with van der Waals surface area (Å²) in [7, 11) is 0. The molecule has 0 saturated carbocycles. The van der Waals surface area contributed by atoms with E-state index in [0.717, 1.165) is 5.56 Å². The molecular weight excluding hydrogens is 232 g/mol. The highest BCUT2D eigenvalue weighted by Gasteiger charge is 2.10. The fourth-order valence-electron chi connectivity index (χ4n) is 1.67. The molecule has 0 aliphatic carbocycles. The third-order valence-corrected chi connectivity index (χ3v) is 2.57. The molecule has 5 nitrogen and oxygen atoms in total. The summed E-state index contributed by atoms with van der Waals surface area (Å²) in [6.45, 7) is 1.94. The number of nitrogens with zero attached hydrogens (tertiary/aromatic N) is 2. The van der Waals surface area contributed by atoms with Gasteiger partial charge in [0.2, 0.25) is 0 Å². The average molecular weight is 244 g/mol. The first-order valence-electron chi connectivity index (χ1n) is 5.43. The molecule has 0 saturated heterocycles. The molecule has 1 heterocycles. The predicted molar refractivity (Wildman–Crippen MR) is 65.7 cm³/mol. The largest absolute Gasteiger partial charge is 0.478 e. The Balaban J connectivity index is 2.40. The number of hydrogen-bond acceptors (Lipinski definition) is 3. The molecule has 18 heavy (non-hydrogen) atoms. The van der Waals surface area contributed by atoms with E-state index in [1.807, 2.05) is 0 Å². The lowest BCUT2D eigenvalue weighted by Crippen LogP contribution is -2.23. The van der Waals surface area contributed by atoms with Crippen LogP contribution in [0.5, 0.6) is 0 Å². The number of hydrogen-bond donors (Lipinski definition) is 1. The molecule has 1 N–H and O–H groups in total. The van der Waals surface area contributed by atoms with Gasteiger partial charge >= 0.3 is 5.97 Å². The summed E-state index contributed by atoms with van der Waals surface area (Å²) in [5, 5.41) is 13.0. The minimum Gasteiger partial charge on any atom is -0.478 e. The number of benzene rings is 1. The zero-order chi connectivity index (χ0) is 13.1. The first kappa shape index (κ1) is 12.0. The molecular formula is C13H12N2O3. The van der Waals surface area contributed by atoms with Crippen LogP contribution < -0.4 is 5.56 Å². The molecule has 0 aliphatic rings. The summed E-state index contributed by atoms with van der Waals surface area (Å²) in [4.78, 5) is 22.7. The normalized spacial score (nSPS) is 10.3. The van der Waals surface area contributed by atoms with E-state index in [4.69, 9.17) is 5.11 Å². The van der Waals surface area contributed by atoms with Gasteiger partial charge in [0, 0.05) is 6.07 Å². The third-order valence-electron chi connectivity index (χ3n) is 2.57. The topological polar surface area (TPSA) is 72.2 Å². The minimum atomic E-state index is -1.01. The van der Waals surface area contributed by atoms with Crippen molar-refractivity contribution in [3.05, 3.63) is 63.6 Å². The molecule has 0 aliphatic heterocycles. The van der Waals surface area contributed by atoms with E-state index >= 15 is 0 Å². The summed E-state index contributed by atoms with van der Waals surface area (Å²) >= 11 is 0. The number of carboxylic acids is 1. The Kier molecular flexibility index (Phi) is 3.23. The van der Waals surface area contributed by atoms with Gasteiger partial charge in [-0.25, -0.2) is 9.48 Å². The summed E-state index contributed by atoms with van der Waals surface area (Å²) < 4.78 is 1.24. The van der Waals surface area contributed by atoms with Crippen LogP contribution in [0.3, 0.4) is 0 Å². The highest BCUT2D eigenvalue weighted by molar-refractivity contribution is 5.89. The maximum absolute atomic E-state index is 11.7. The molecule has 92 valence electrons. The van der Waals surface area contributed by atoms with E-state index in [2.05, 4.69) is 5.10 Å². The quantitative estimate of drug-likeness (QED) is 0.883. The molecule has 0 bridgehead atoms. The first-order valence-corrected chi connectivity index (χ1v) is 5.43. The van der Waals surface area contributed by atoms with Crippen LogP contribution in [0.25, 0.3) is 0 Å². The fourth-order valence-corrected chi connectivity index (χ4v) is 1.67. The molecule has 2 rings (SSSR count). The van der Waals surface area contributed by atoms with Gasteiger partial charge in [-0.15, -0.1) is 0 Å². The van der Waals surface area contributed by atoms with Crippen molar-refractivity contribution in [1.29, 1.82) is 0 Å². The van der Waals surface area contributed by atoms with Crippen molar-refractivity contribution in [3.63, 3.8) is 0 Å². The summed E-state index contributed by atoms with van der Waals surface area (Å²) in [6, 6.07) is 8.05. The van der Waals surface area contributed by atoms with Crippen molar-refractivity contribution in [3.8, 4) is 0 Å². The fraction of sp³-hybridized carbons (Fsp3) is 0.154. The van der Waals surface area contributed by atoms with Crippen LogP contribution >= 0.6 is 0 Å². The zero-order valence-electron chi connectivity index (χ0n) is 9.83. The highest BCUT2D eigenvalue weighted by Crippen LogP contribution is 2.09. The van der Waals surface area contributed by atoms with Gasteiger partial charge in [-0.2, -0.15) is 5.10 Å². The van der Waals surface area contributed by atoms with Gasteiger partial charge in [-0.3, -0.25) is 4.79 Å². The lowest BCUT2D eigenvalue weighted by molar-refractivity contribution is 0.0695. The number of rotatable bonds is 3. The second kappa shape index (κ2) is 4.83. The predicted octanol–water partition coefficient (Wildman–Crippen LogP) is 1.30. The van der Waals surface area contributed by atoms with Crippen LogP contribution in [0.1, 0.15) is 21.5 Å². The zero-order valence-corrected chi connectivity index (χ0v) is 9.83. The lowest BCUT2D eigenvalue weighted by atomic mass is 10.1. The van der Waals surface area contributed by atoms with E-state index in [9.17, 15) is 9.59 Å². The standard InChI is InChI=1S/C13H12N2O3/c1-9-6-12(16)15(14-7-9)8-10-4-2-3-5-11(10)13(17)18/h2-7H,8H2,1H3,(H,17,18). The van der Waals surface area contributed by atoms with Crippen LogP contribution in [-0.2, 0) is 6.54 Å². The molecule has 5 heteroatoms. The van der Waals surface area contributed by atoms with Gasteiger partial charge in [-0.05, 0) is 24.1 Å². The Bertz CT molecular complexity index is 647. The molecule has 0 fully saturated rings. The molecule has 2 aromatic rings. The Labute approximate surface area is 103 Å². The number of aryl methyl sites for hydroxylation is 1. The van der Waals surface area contributed by atoms with Gasteiger partial charge in [0.1, 0.15) is 0 Å². The van der Waals surface area contributed by atoms with Crippen LogP contribution in [0.4, 0.5) is 0 Å². The van der Waals surface area contributed by atoms with E-state index in [0.29, 0.717) is 5.56 Å². The van der Waals surface area contributed by atoms with Gasteiger partial charge in [0.25, 0.3) is 5.56 Å². The monoisotopic (exact) mass is 244 g/mol. The number of carbonyl (C=O) groups is 1. The van der Waals surface area contributed by atoms with Crippen molar-refractivity contribution in [2.45, 2.75) is 13.5 Å². The number of aromatic nitrogens is 2. The van der Waals surface area contributed by atoms with Gasteiger partial charge in [-0.1, -0.05) is 18.2 Å². The van der Waals surface area contributed by atoms with Crippen molar-refractivity contribution in [1.82, 2.24) is 9.78 Å². The maximum Gasteiger partial charge on any atom is 0.336 e. The Hall–Kier alpha value is -2.43. The number of carboxylic acid groups (broad SMARTS) is 1. The van der Waals surface area contributed by atoms with Crippen LogP contribution in [0.15, 0.2) is 41.3 Å². The van der Waals surface area contributed by atoms with Crippen LogP contribution in [-0.4, -0.2) is 20.9 Å². The Morgan fingerprint density at radius 1 is 1.39 bits per heavy atom. The highest BCUT2D eigenvalue weighted by atomic mass is 16.4. The van der Waals surface area contributed by atoms with Crippen molar-refractivity contribution in [2.24, 2.45) is 0 Å². The first-order chi connectivity index (χ1) is 8.58. The molecule has 0 spiro atoms.